The number of nitrogens with zero attached hydrogens (tertiary/aromatic N) is 3. The van der Waals surface area contributed by atoms with Gasteiger partial charge in [-0.15, -0.1) is 0 Å². The lowest BCUT2D eigenvalue weighted by Gasteiger charge is -2.32. The van der Waals surface area contributed by atoms with Crippen LogP contribution in [0, 0.1) is 11.8 Å². The smallest absolute Gasteiger partial charge is 0.255 e. The van der Waals surface area contributed by atoms with Gasteiger partial charge in [-0.05, 0) is 37.3 Å². The molecule has 0 unspecified atom stereocenters. The topological polar surface area (TPSA) is 73.7 Å². The molecule has 6 heteroatoms. The Labute approximate surface area is 156 Å². The van der Waals surface area contributed by atoms with Gasteiger partial charge >= 0.3 is 0 Å². The number of carbonyl (C=O) groups is 2. The van der Waals surface area contributed by atoms with Crippen molar-refractivity contribution in [2.24, 2.45) is 11.8 Å². The van der Waals surface area contributed by atoms with Crippen molar-refractivity contribution in [3.63, 3.8) is 0 Å². The van der Waals surface area contributed by atoms with Crippen molar-refractivity contribution >= 4 is 17.5 Å². The second-order valence-corrected chi connectivity index (χ2v) is 7.56. The predicted octanol–water partition coefficient (Wildman–Crippen LogP) is 2.37. The minimum absolute atomic E-state index is 0.0352. The van der Waals surface area contributed by atoms with Crippen LogP contribution in [-0.4, -0.2) is 60.0 Å². The Bertz CT molecular complexity index is 601. The Balaban J connectivity index is 1.98. The summed E-state index contributed by atoms with van der Waals surface area (Å²) in [6.07, 6.45) is 4.62. The Morgan fingerprint density at radius 1 is 1.38 bits per heavy atom. The highest BCUT2D eigenvalue weighted by Crippen LogP contribution is 2.22. The average Bonchev–Trinajstić information content (AvgIpc) is 2.65. The van der Waals surface area contributed by atoms with Crippen LogP contribution in [0.2, 0.25) is 0 Å². The van der Waals surface area contributed by atoms with Crippen molar-refractivity contribution in [3.05, 3.63) is 23.9 Å². The molecule has 1 aromatic heterocycles. The number of anilines is 1. The highest BCUT2D eigenvalue weighted by molar-refractivity contribution is 5.94. The molecule has 0 bridgehead atoms. The van der Waals surface area contributed by atoms with Gasteiger partial charge in [0.1, 0.15) is 11.6 Å². The van der Waals surface area contributed by atoms with Gasteiger partial charge in [-0.1, -0.05) is 13.8 Å². The van der Waals surface area contributed by atoms with E-state index in [1.807, 2.05) is 18.0 Å². The fraction of sp³-hybridized carbons (Fsp3) is 0.650. The van der Waals surface area contributed by atoms with Gasteiger partial charge in [0.15, 0.2) is 0 Å². The minimum Gasteiger partial charge on any atom is -0.396 e. The number of ketones is 1. The van der Waals surface area contributed by atoms with E-state index in [0.717, 1.165) is 18.7 Å². The number of pyridine rings is 1. The molecule has 0 spiro atoms. The summed E-state index contributed by atoms with van der Waals surface area (Å²) < 4.78 is 0. The largest absolute Gasteiger partial charge is 0.396 e. The van der Waals surface area contributed by atoms with Crippen molar-refractivity contribution in [1.82, 2.24) is 9.88 Å². The summed E-state index contributed by atoms with van der Waals surface area (Å²) in [5, 5.41) is 8.91. The molecule has 0 saturated carbocycles. The number of aromatic nitrogens is 1. The standard InChI is InChI=1S/C20H31N3O3/c1-15(2)12-18(25)17-6-4-10-23(14-17)20(26)16-7-8-19(21-13-16)22(3)9-5-11-24/h7-8,13,15,17,24H,4-6,9-12,14H2,1-3H3/t17-/m0/s1. The van der Waals surface area contributed by atoms with Gasteiger partial charge < -0.3 is 14.9 Å². The van der Waals surface area contributed by atoms with Gasteiger partial charge in [-0.3, -0.25) is 9.59 Å². The number of hydrogen-bond acceptors (Lipinski definition) is 5. The van der Waals surface area contributed by atoms with Crippen molar-refractivity contribution in [3.8, 4) is 0 Å². The molecular formula is C20H31N3O3. The zero-order chi connectivity index (χ0) is 19.1. The van der Waals surface area contributed by atoms with E-state index in [2.05, 4.69) is 18.8 Å². The highest BCUT2D eigenvalue weighted by atomic mass is 16.3. The third kappa shape index (κ3) is 5.53. The molecule has 1 fully saturated rings. The molecule has 1 saturated heterocycles. The van der Waals surface area contributed by atoms with E-state index < -0.39 is 0 Å². The number of rotatable bonds is 8. The van der Waals surface area contributed by atoms with E-state index in [0.29, 0.717) is 44.0 Å². The Kier molecular flexibility index (Phi) is 7.57. The van der Waals surface area contributed by atoms with Crippen molar-refractivity contribution in [1.29, 1.82) is 0 Å². The zero-order valence-corrected chi connectivity index (χ0v) is 16.1. The predicted molar refractivity (Wildman–Crippen MR) is 102 cm³/mol. The molecule has 0 aromatic carbocycles. The molecule has 1 aliphatic rings. The molecule has 2 rings (SSSR count). The summed E-state index contributed by atoms with van der Waals surface area (Å²) in [4.78, 5) is 33.2. The van der Waals surface area contributed by atoms with Gasteiger partial charge in [0.05, 0.1) is 5.56 Å². The molecule has 1 aliphatic heterocycles. The molecule has 1 N–H and O–H groups in total. The summed E-state index contributed by atoms with van der Waals surface area (Å²) in [5.74, 6) is 1.32. The summed E-state index contributed by atoms with van der Waals surface area (Å²) >= 11 is 0. The number of likely N-dealkylation sites (tertiary alicyclic amines) is 1. The molecule has 2 heterocycles. The summed E-state index contributed by atoms with van der Waals surface area (Å²) in [6, 6.07) is 3.62. The molecule has 1 aromatic rings. The third-order valence-electron chi connectivity index (χ3n) is 4.81. The fourth-order valence-corrected chi connectivity index (χ4v) is 3.34. The first kappa shape index (κ1) is 20.4. The molecule has 1 amide bonds. The van der Waals surface area contributed by atoms with E-state index >= 15 is 0 Å². The molecule has 0 aliphatic carbocycles. The van der Waals surface area contributed by atoms with Crippen LogP contribution in [0.15, 0.2) is 18.3 Å². The van der Waals surface area contributed by atoms with Crippen molar-refractivity contribution in [2.75, 3.05) is 38.2 Å². The van der Waals surface area contributed by atoms with Crippen LogP contribution in [0.3, 0.4) is 0 Å². The monoisotopic (exact) mass is 361 g/mol. The number of aliphatic hydroxyl groups is 1. The maximum absolute atomic E-state index is 12.8. The van der Waals surface area contributed by atoms with E-state index in [4.69, 9.17) is 5.11 Å². The van der Waals surface area contributed by atoms with Crippen LogP contribution >= 0.6 is 0 Å². The number of Topliss-reactive ketones (excluding diaryl/α,β-unsaturated/α-hetero) is 1. The zero-order valence-electron chi connectivity index (χ0n) is 16.1. The second-order valence-electron chi connectivity index (χ2n) is 7.56. The van der Waals surface area contributed by atoms with E-state index in [-0.39, 0.29) is 24.2 Å². The van der Waals surface area contributed by atoms with Crippen molar-refractivity contribution < 1.29 is 14.7 Å². The third-order valence-corrected chi connectivity index (χ3v) is 4.81. The van der Waals surface area contributed by atoms with E-state index in [9.17, 15) is 9.59 Å². The van der Waals surface area contributed by atoms with Crippen LogP contribution in [-0.2, 0) is 4.79 Å². The van der Waals surface area contributed by atoms with E-state index in [1.165, 1.54) is 0 Å². The van der Waals surface area contributed by atoms with Crippen LogP contribution in [0.5, 0.6) is 0 Å². The number of amides is 1. The summed E-state index contributed by atoms with van der Waals surface area (Å²) in [6.45, 7) is 6.17. The minimum atomic E-state index is -0.0518. The number of hydrogen-bond donors (Lipinski definition) is 1. The lowest BCUT2D eigenvalue weighted by molar-refractivity contribution is -0.124. The Morgan fingerprint density at radius 2 is 2.15 bits per heavy atom. The first-order valence-electron chi connectivity index (χ1n) is 9.52. The number of piperidine rings is 1. The normalized spacial score (nSPS) is 17.4. The molecule has 26 heavy (non-hydrogen) atoms. The highest BCUT2D eigenvalue weighted by Gasteiger charge is 2.29. The summed E-state index contributed by atoms with van der Waals surface area (Å²) in [5.41, 5.74) is 0.557. The van der Waals surface area contributed by atoms with Gasteiger partial charge in [0.25, 0.3) is 5.91 Å². The molecule has 1 atom stereocenters. The molecule has 0 radical (unpaired) electrons. The average molecular weight is 361 g/mol. The van der Waals surface area contributed by atoms with Crippen LogP contribution in [0.4, 0.5) is 5.82 Å². The Morgan fingerprint density at radius 3 is 2.77 bits per heavy atom. The van der Waals surface area contributed by atoms with Gasteiger partial charge in [0.2, 0.25) is 0 Å². The SMILES string of the molecule is CC(C)CC(=O)[C@H]1CCCN(C(=O)c2ccc(N(C)CCCO)nc2)C1. The molecule has 144 valence electrons. The summed E-state index contributed by atoms with van der Waals surface area (Å²) in [7, 11) is 1.91. The maximum Gasteiger partial charge on any atom is 0.255 e. The number of carbonyl (C=O) groups excluding carboxylic acids is 2. The van der Waals surface area contributed by atoms with Gasteiger partial charge in [0, 0.05) is 51.8 Å². The van der Waals surface area contributed by atoms with Gasteiger partial charge in [-0.2, -0.15) is 0 Å². The quantitative estimate of drug-likeness (QED) is 0.769. The van der Waals surface area contributed by atoms with E-state index in [1.54, 1.807) is 17.2 Å². The van der Waals surface area contributed by atoms with Crippen LogP contribution < -0.4 is 4.90 Å². The van der Waals surface area contributed by atoms with Crippen molar-refractivity contribution in [2.45, 2.75) is 39.5 Å². The first-order chi connectivity index (χ1) is 12.4. The van der Waals surface area contributed by atoms with Gasteiger partial charge in [-0.25, -0.2) is 4.98 Å². The Hall–Kier alpha value is -1.95. The second kappa shape index (κ2) is 9.67. The first-order valence-corrected chi connectivity index (χ1v) is 9.52. The maximum atomic E-state index is 12.8. The fourth-order valence-electron chi connectivity index (χ4n) is 3.34. The lowest BCUT2D eigenvalue weighted by atomic mass is 9.89. The van der Waals surface area contributed by atoms with Crippen LogP contribution in [0.1, 0.15) is 49.9 Å². The lowest BCUT2D eigenvalue weighted by Crippen LogP contribution is -2.42. The molecule has 6 nitrogen and oxygen atoms in total. The molecular weight excluding hydrogens is 330 g/mol. The number of aliphatic hydroxyl groups excluding tert-OH is 1. The van der Waals surface area contributed by atoms with Crippen LogP contribution in [0.25, 0.3) is 0 Å².